The standard InChI is InChI=1S/C24H30N8O2/c1-6-32-16(3)17(12-26-32)13-30(5)24(34)22-19-11-18(33)7-8-21(19)27-23(28-22)20-14-31(10-9-25-4)29-15(20)2/h7-8,11-12,14,25,33H,6,9-10,13H2,1-5H3. The number of hydrogen-bond acceptors (Lipinski definition) is 7. The first-order valence-electron chi connectivity index (χ1n) is 11.3. The van der Waals surface area contributed by atoms with Gasteiger partial charge in [-0.05, 0) is 46.0 Å². The molecular formula is C24H30N8O2. The largest absolute Gasteiger partial charge is 0.508 e. The van der Waals surface area contributed by atoms with Crippen molar-refractivity contribution in [2.45, 2.75) is 40.4 Å². The van der Waals surface area contributed by atoms with Gasteiger partial charge in [-0.15, -0.1) is 0 Å². The van der Waals surface area contributed by atoms with E-state index in [1.165, 1.54) is 6.07 Å². The number of phenols is 1. The van der Waals surface area contributed by atoms with Crippen molar-refractivity contribution in [3.8, 4) is 17.1 Å². The molecule has 4 aromatic rings. The van der Waals surface area contributed by atoms with Crippen molar-refractivity contribution >= 4 is 16.8 Å². The molecule has 0 radical (unpaired) electrons. The minimum absolute atomic E-state index is 0.0525. The lowest BCUT2D eigenvalue weighted by Gasteiger charge is -2.18. The number of nitrogens with zero attached hydrogens (tertiary/aromatic N) is 7. The highest BCUT2D eigenvalue weighted by atomic mass is 16.3. The van der Waals surface area contributed by atoms with Crippen LogP contribution in [0.2, 0.25) is 0 Å². The van der Waals surface area contributed by atoms with Gasteiger partial charge in [0.2, 0.25) is 0 Å². The monoisotopic (exact) mass is 462 g/mol. The van der Waals surface area contributed by atoms with Crippen molar-refractivity contribution in [2.75, 3.05) is 20.6 Å². The number of likely N-dealkylation sites (N-methyl/N-ethyl adjacent to an activating group) is 1. The number of amides is 1. The molecule has 0 aliphatic carbocycles. The van der Waals surface area contributed by atoms with Crippen LogP contribution in [0.15, 0.2) is 30.6 Å². The second-order valence-electron chi connectivity index (χ2n) is 8.32. The molecule has 0 aliphatic rings. The number of aryl methyl sites for hydroxylation is 2. The Labute approximate surface area is 198 Å². The van der Waals surface area contributed by atoms with Crippen LogP contribution in [0.25, 0.3) is 22.3 Å². The highest BCUT2D eigenvalue weighted by molar-refractivity contribution is 6.05. The van der Waals surface area contributed by atoms with E-state index in [-0.39, 0.29) is 17.4 Å². The van der Waals surface area contributed by atoms with E-state index in [2.05, 4.69) is 25.5 Å². The first-order chi connectivity index (χ1) is 16.3. The fourth-order valence-electron chi connectivity index (χ4n) is 3.95. The second kappa shape index (κ2) is 9.60. The maximum absolute atomic E-state index is 13.6. The lowest BCUT2D eigenvalue weighted by atomic mass is 10.1. The lowest BCUT2D eigenvalue weighted by molar-refractivity contribution is 0.0781. The molecule has 34 heavy (non-hydrogen) atoms. The predicted molar refractivity (Wildman–Crippen MR) is 130 cm³/mol. The van der Waals surface area contributed by atoms with Gasteiger partial charge in [0.05, 0.1) is 29.5 Å². The minimum Gasteiger partial charge on any atom is -0.508 e. The Morgan fingerprint density at radius 1 is 1.24 bits per heavy atom. The second-order valence-corrected chi connectivity index (χ2v) is 8.32. The van der Waals surface area contributed by atoms with E-state index < -0.39 is 0 Å². The normalized spacial score (nSPS) is 11.3. The van der Waals surface area contributed by atoms with Crippen LogP contribution in [0.1, 0.15) is 34.4 Å². The molecule has 1 aromatic carbocycles. The quantitative estimate of drug-likeness (QED) is 0.414. The Morgan fingerprint density at radius 2 is 2.03 bits per heavy atom. The van der Waals surface area contributed by atoms with Crippen LogP contribution in [0.3, 0.4) is 0 Å². The van der Waals surface area contributed by atoms with Crippen molar-refractivity contribution in [2.24, 2.45) is 0 Å². The summed E-state index contributed by atoms with van der Waals surface area (Å²) in [6.45, 7) is 8.57. The van der Waals surface area contributed by atoms with Crippen molar-refractivity contribution in [3.63, 3.8) is 0 Å². The Kier molecular flexibility index (Phi) is 6.60. The average Bonchev–Trinajstić information content (AvgIpc) is 3.38. The van der Waals surface area contributed by atoms with Crippen LogP contribution in [0.4, 0.5) is 0 Å². The number of nitrogens with one attached hydrogen (secondary N) is 1. The van der Waals surface area contributed by atoms with Crippen molar-refractivity contribution in [1.82, 2.24) is 39.7 Å². The molecule has 4 rings (SSSR count). The van der Waals surface area contributed by atoms with Gasteiger partial charge in [-0.3, -0.25) is 14.2 Å². The molecule has 10 heteroatoms. The van der Waals surface area contributed by atoms with E-state index in [4.69, 9.17) is 0 Å². The van der Waals surface area contributed by atoms with Crippen LogP contribution in [-0.2, 0) is 19.6 Å². The van der Waals surface area contributed by atoms with E-state index in [1.807, 2.05) is 43.4 Å². The number of phenolic OH excluding ortho intramolecular Hbond substituents is 1. The van der Waals surface area contributed by atoms with Gasteiger partial charge in [-0.2, -0.15) is 10.2 Å². The van der Waals surface area contributed by atoms with Crippen LogP contribution in [0.5, 0.6) is 5.75 Å². The zero-order valence-electron chi connectivity index (χ0n) is 20.2. The van der Waals surface area contributed by atoms with Gasteiger partial charge in [0, 0.05) is 49.5 Å². The van der Waals surface area contributed by atoms with Gasteiger partial charge in [0.25, 0.3) is 5.91 Å². The average molecular weight is 463 g/mol. The molecule has 2 N–H and O–H groups in total. The van der Waals surface area contributed by atoms with Gasteiger partial charge in [-0.1, -0.05) is 0 Å². The number of hydrogen-bond donors (Lipinski definition) is 2. The SMILES string of the molecule is CCn1ncc(CN(C)C(=O)c2nc(-c3cn(CCNC)nc3C)nc3ccc(O)cc23)c1C. The number of carbonyl (C=O) groups excluding carboxylic acids is 1. The number of rotatable bonds is 8. The third-order valence-corrected chi connectivity index (χ3v) is 5.92. The van der Waals surface area contributed by atoms with E-state index in [9.17, 15) is 9.90 Å². The molecule has 0 bridgehead atoms. The third kappa shape index (κ3) is 4.49. The topological polar surface area (TPSA) is 114 Å². The number of fused-ring (bicyclic) bond motifs is 1. The summed E-state index contributed by atoms with van der Waals surface area (Å²) in [5.74, 6) is 0.220. The number of aromatic hydroxyl groups is 1. The Bertz CT molecular complexity index is 1340. The minimum atomic E-state index is -0.261. The highest BCUT2D eigenvalue weighted by Crippen LogP contribution is 2.27. The van der Waals surface area contributed by atoms with E-state index >= 15 is 0 Å². The summed E-state index contributed by atoms with van der Waals surface area (Å²) in [4.78, 5) is 24.5. The van der Waals surface area contributed by atoms with Crippen LogP contribution in [0, 0.1) is 13.8 Å². The Balaban J connectivity index is 1.75. The van der Waals surface area contributed by atoms with Gasteiger partial charge >= 0.3 is 0 Å². The fraction of sp³-hybridized carbons (Fsp3) is 0.375. The van der Waals surface area contributed by atoms with Crippen molar-refractivity contribution in [1.29, 1.82) is 0 Å². The summed E-state index contributed by atoms with van der Waals surface area (Å²) >= 11 is 0. The van der Waals surface area contributed by atoms with E-state index in [1.54, 1.807) is 30.3 Å². The van der Waals surface area contributed by atoms with Gasteiger partial charge in [0.1, 0.15) is 11.4 Å². The molecule has 0 saturated heterocycles. The molecule has 0 spiro atoms. The first-order valence-corrected chi connectivity index (χ1v) is 11.3. The lowest BCUT2D eigenvalue weighted by Crippen LogP contribution is -2.27. The maximum Gasteiger partial charge on any atom is 0.273 e. The summed E-state index contributed by atoms with van der Waals surface area (Å²) in [6, 6.07) is 4.79. The van der Waals surface area contributed by atoms with Gasteiger partial charge in [-0.25, -0.2) is 9.97 Å². The summed E-state index contributed by atoms with van der Waals surface area (Å²) in [5, 5.41) is 22.6. The summed E-state index contributed by atoms with van der Waals surface area (Å²) < 4.78 is 3.74. The van der Waals surface area contributed by atoms with E-state index in [0.29, 0.717) is 29.8 Å². The molecule has 0 unspecified atom stereocenters. The predicted octanol–water partition coefficient (Wildman–Crippen LogP) is 2.52. The number of carbonyl (C=O) groups is 1. The fourth-order valence-corrected chi connectivity index (χ4v) is 3.95. The Hall–Kier alpha value is -3.79. The van der Waals surface area contributed by atoms with E-state index in [0.717, 1.165) is 35.6 Å². The Morgan fingerprint density at radius 3 is 2.74 bits per heavy atom. The highest BCUT2D eigenvalue weighted by Gasteiger charge is 2.22. The van der Waals surface area contributed by atoms with Crippen LogP contribution >= 0.6 is 0 Å². The number of aromatic nitrogens is 6. The molecule has 0 atom stereocenters. The molecule has 0 saturated carbocycles. The molecule has 0 fully saturated rings. The molecule has 10 nitrogen and oxygen atoms in total. The molecule has 1 amide bonds. The summed E-state index contributed by atoms with van der Waals surface area (Å²) in [7, 11) is 3.63. The van der Waals surface area contributed by atoms with Crippen molar-refractivity contribution in [3.05, 3.63) is 53.2 Å². The van der Waals surface area contributed by atoms with Crippen LogP contribution < -0.4 is 5.32 Å². The number of benzene rings is 1. The molecule has 178 valence electrons. The third-order valence-electron chi connectivity index (χ3n) is 5.92. The van der Waals surface area contributed by atoms with Crippen molar-refractivity contribution < 1.29 is 9.90 Å². The zero-order valence-corrected chi connectivity index (χ0v) is 20.2. The molecular weight excluding hydrogens is 432 g/mol. The zero-order chi connectivity index (χ0) is 24.4. The van der Waals surface area contributed by atoms with Gasteiger partial charge < -0.3 is 15.3 Å². The maximum atomic E-state index is 13.6. The summed E-state index contributed by atoms with van der Waals surface area (Å²) in [5.41, 5.74) is 4.36. The molecule has 3 aromatic heterocycles. The summed E-state index contributed by atoms with van der Waals surface area (Å²) in [6.07, 6.45) is 3.69. The van der Waals surface area contributed by atoms with Gasteiger partial charge in [0.15, 0.2) is 5.82 Å². The first kappa shape index (κ1) is 23.4. The molecule has 3 heterocycles. The van der Waals surface area contributed by atoms with Crippen LogP contribution in [-0.4, -0.2) is 66.1 Å². The smallest absolute Gasteiger partial charge is 0.273 e. The molecule has 0 aliphatic heterocycles.